The molecule has 3 N–H and O–H groups in total. The van der Waals surface area contributed by atoms with Gasteiger partial charge in [0.25, 0.3) is 0 Å². The zero-order valence-corrected chi connectivity index (χ0v) is 7.22. The summed E-state index contributed by atoms with van der Waals surface area (Å²) in [5.41, 5.74) is 6.62. The standard InChI is InChI=1S/C10H12N2O/c11-7-10(13)9(12)6-8-4-2-1-3-5-8/h1-5,9-10,13H,6,12H2/t9-,10?/m0/s1. The Kier molecular flexibility index (Phi) is 3.44. The minimum Gasteiger partial charge on any atom is -0.376 e. The fourth-order valence-corrected chi connectivity index (χ4v) is 1.09. The van der Waals surface area contributed by atoms with Crippen molar-refractivity contribution in [1.29, 1.82) is 5.26 Å². The number of hydrogen-bond donors (Lipinski definition) is 2. The lowest BCUT2D eigenvalue weighted by atomic mass is 10.0. The molecule has 0 fully saturated rings. The number of nitrogens with zero attached hydrogens (tertiary/aromatic N) is 1. The van der Waals surface area contributed by atoms with E-state index in [4.69, 9.17) is 16.1 Å². The molecule has 0 saturated heterocycles. The smallest absolute Gasteiger partial charge is 0.155 e. The summed E-state index contributed by atoms with van der Waals surface area (Å²) in [6.45, 7) is 0. The fraction of sp³-hybridized carbons (Fsp3) is 0.300. The molecule has 3 heteroatoms. The van der Waals surface area contributed by atoms with Gasteiger partial charge in [0.2, 0.25) is 0 Å². The number of aliphatic hydroxyl groups is 1. The molecule has 0 amide bonds. The van der Waals surface area contributed by atoms with Gasteiger partial charge in [-0.05, 0) is 12.0 Å². The maximum Gasteiger partial charge on any atom is 0.155 e. The molecule has 0 aromatic heterocycles. The van der Waals surface area contributed by atoms with Crippen LogP contribution in [0.4, 0.5) is 0 Å². The van der Waals surface area contributed by atoms with Gasteiger partial charge in [-0.3, -0.25) is 0 Å². The van der Waals surface area contributed by atoms with E-state index in [1.165, 1.54) is 0 Å². The van der Waals surface area contributed by atoms with Gasteiger partial charge in [-0.1, -0.05) is 30.3 Å². The largest absolute Gasteiger partial charge is 0.376 e. The van der Waals surface area contributed by atoms with Crippen molar-refractivity contribution in [2.24, 2.45) is 5.73 Å². The Balaban J connectivity index is 2.56. The number of nitrogens with two attached hydrogens (primary N) is 1. The molecule has 3 nitrogen and oxygen atoms in total. The second-order valence-electron chi connectivity index (χ2n) is 2.93. The number of benzene rings is 1. The monoisotopic (exact) mass is 176 g/mol. The highest BCUT2D eigenvalue weighted by Crippen LogP contribution is 2.03. The highest BCUT2D eigenvalue weighted by atomic mass is 16.3. The highest BCUT2D eigenvalue weighted by Gasteiger charge is 2.13. The fourth-order valence-electron chi connectivity index (χ4n) is 1.09. The first-order valence-electron chi connectivity index (χ1n) is 4.11. The van der Waals surface area contributed by atoms with Crippen LogP contribution in [0.2, 0.25) is 0 Å². The molecule has 68 valence electrons. The van der Waals surface area contributed by atoms with Crippen LogP contribution in [-0.4, -0.2) is 17.3 Å². The summed E-state index contributed by atoms with van der Waals surface area (Å²) in [4.78, 5) is 0. The molecule has 1 rings (SSSR count). The van der Waals surface area contributed by atoms with E-state index in [-0.39, 0.29) is 0 Å². The molecule has 0 aliphatic carbocycles. The summed E-state index contributed by atoms with van der Waals surface area (Å²) in [6.07, 6.45) is -0.560. The van der Waals surface area contributed by atoms with E-state index in [0.29, 0.717) is 6.42 Å². The van der Waals surface area contributed by atoms with Crippen molar-refractivity contribution in [2.75, 3.05) is 0 Å². The van der Waals surface area contributed by atoms with E-state index in [1.54, 1.807) is 6.07 Å². The first-order chi connectivity index (χ1) is 6.24. The third kappa shape index (κ3) is 2.86. The molecule has 1 aromatic carbocycles. The van der Waals surface area contributed by atoms with Gasteiger partial charge in [-0.25, -0.2) is 0 Å². The maximum atomic E-state index is 9.10. The van der Waals surface area contributed by atoms with Gasteiger partial charge in [0.05, 0.1) is 6.07 Å². The van der Waals surface area contributed by atoms with E-state index in [2.05, 4.69) is 0 Å². The minimum atomic E-state index is -1.08. The molecular formula is C10H12N2O. The summed E-state index contributed by atoms with van der Waals surface area (Å²) in [7, 11) is 0. The van der Waals surface area contributed by atoms with Crippen LogP contribution < -0.4 is 5.73 Å². The number of rotatable bonds is 3. The number of aliphatic hydroxyl groups excluding tert-OH is 1. The van der Waals surface area contributed by atoms with Crippen LogP contribution in [0.1, 0.15) is 5.56 Å². The average molecular weight is 176 g/mol. The third-order valence-electron chi connectivity index (χ3n) is 1.85. The third-order valence-corrected chi connectivity index (χ3v) is 1.85. The minimum absolute atomic E-state index is 0.507. The first kappa shape index (κ1) is 9.72. The molecule has 1 unspecified atom stereocenters. The second-order valence-corrected chi connectivity index (χ2v) is 2.93. The Morgan fingerprint density at radius 3 is 2.54 bits per heavy atom. The van der Waals surface area contributed by atoms with Crippen LogP contribution in [0, 0.1) is 11.3 Å². The van der Waals surface area contributed by atoms with Crippen molar-refractivity contribution >= 4 is 0 Å². The van der Waals surface area contributed by atoms with E-state index in [9.17, 15) is 0 Å². The number of nitriles is 1. The zero-order valence-electron chi connectivity index (χ0n) is 7.22. The van der Waals surface area contributed by atoms with Gasteiger partial charge in [0, 0.05) is 6.04 Å². The van der Waals surface area contributed by atoms with Crippen molar-refractivity contribution in [1.82, 2.24) is 0 Å². The molecule has 1 aromatic rings. The molecule has 0 saturated carbocycles. The average Bonchev–Trinajstić information content (AvgIpc) is 2.18. The molecule has 0 spiro atoms. The van der Waals surface area contributed by atoms with Gasteiger partial charge >= 0.3 is 0 Å². The summed E-state index contributed by atoms with van der Waals surface area (Å²) >= 11 is 0. The predicted molar refractivity (Wildman–Crippen MR) is 49.7 cm³/mol. The van der Waals surface area contributed by atoms with Gasteiger partial charge in [-0.2, -0.15) is 5.26 Å². The molecule has 2 atom stereocenters. The predicted octanol–water partition coefficient (Wildman–Crippen LogP) is 0.441. The van der Waals surface area contributed by atoms with E-state index in [1.807, 2.05) is 30.3 Å². The second kappa shape index (κ2) is 4.61. The Labute approximate surface area is 77.4 Å². The zero-order chi connectivity index (χ0) is 9.68. The van der Waals surface area contributed by atoms with Gasteiger partial charge in [-0.15, -0.1) is 0 Å². The first-order valence-corrected chi connectivity index (χ1v) is 4.11. The topological polar surface area (TPSA) is 70.0 Å². The van der Waals surface area contributed by atoms with Crippen molar-refractivity contribution in [3.63, 3.8) is 0 Å². The van der Waals surface area contributed by atoms with Crippen molar-refractivity contribution in [3.05, 3.63) is 35.9 Å². The lowest BCUT2D eigenvalue weighted by Crippen LogP contribution is -2.35. The quantitative estimate of drug-likeness (QED) is 0.656. The van der Waals surface area contributed by atoms with Crippen LogP contribution in [0.3, 0.4) is 0 Å². The molecule has 13 heavy (non-hydrogen) atoms. The van der Waals surface area contributed by atoms with Gasteiger partial charge in [0.15, 0.2) is 6.10 Å². The summed E-state index contributed by atoms with van der Waals surface area (Å²) < 4.78 is 0. The SMILES string of the molecule is N#CC(O)[C@@H](N)Cc1ccccc1. The van der Waals surface area contributed by atoms with Gasteiger partial charge < -0.3 is 10.8 Å². The Bertz CT molecular complexity index is 292. The van der Waals surface area contributed by atoms with Crippen molar-refractivity contribution < 1.29 is 5.11 Å². The molecule has 0 heterocycles. The van der Waals surface area contributed by atoms with Crippen LogP contribution in [-0.2, 0) is 6.42 Å². The van der Waals surface area contributed by atoms with E-state index < -0.39 is 12.1 Å². The molecule has 0 bridgehead atoms. The lowest BCUT2D eigenvalue weighted by Gasteiger charge is -2.11. The highest BCUT2D eigenvalue weighted by molar-refractivity contribution is 5.16. The van der Waals surface area contributed by atoms with E-state index in [0.717, 1.165) is 5.56 Å². The Morgan fingerprint density at radius 2 is 2.00 bits per heavy atom. The lowest BCUT2D eigenvalue weighted by molar-refractivity contribution is 0.197. The Morgan fingerprint density at radius 1 is 1.38 bits per heavy atom. The summed E-state index contributed by atoms with van der Waals surface area (Å²) in [6, 6.07) is 10.8. The molecule has 0 aliphatic heterocycles. The van der Waals surface area contributed by atoms with Crippen molar-refractivity contribution in [3.8, 4) is 6.07 Å². The van der Waals surface area contributed by atoms with Crippen LogP contribution in [0.5, 0.6) is 0 Å². The molecule has 0 aliphatic rings. The van der Waals surface area contributed by atoms with Crippen LogP contribution in [0.15, 0.2) is 30.3 Å². The van der Waals surface area contributed by atoms with Crippen LogP contribution >= 0.6 is 0 Å². The van der Waals surface area contributed by atoms with E-state index >= 15 is 0 Å². The van der Waals surface area contributed by atoms with Crippen LogP contribution in [0.25, 0.3) is 0 Å². The van der Waals surface area contributed by atoms with Gasteiger partial charge in [0.1, 0.15) is 0 Å². The summed E-state index contributed by atoms with van der Waals surface area (Å²) in [5, 5.41) is 17.5. The summed E-state index contributed by atoms with van der Waals surface area (Å²) in [5.74, 6) is 0. The maximum absolute atomic E-state index is 9.10. The number of hydrogen-bond acceptors (Lipinski definition) is 3. The van der Waals surface area contributed by atoms with Crippen molar-refractivity contribution in [2.45, 2.75) is 18.6 Å². The normalized spacial score (nSPS) is 14.5. The Hall–Kier alpha value is -1.37. The molecular weight excluding hydrogens is 164 g/mol. The molecule has 0 radical (unpaired) electrons.